The molecule has 4 heteroatoms. The SMILES string of the molecule is CC1(C)c2ccccc2-c2ccc(N(c3ccc(-c4ccc5c(c4)c4ccccc4n5-c4ccc(F)cc4)cc3)c3ccc4c(c3)oc3ccccc34)cc21. The molecule has 8 aromatic carbocycles. The molecule has 262 valence electrons. The first-order valence-corrected chi connectivity index (χ1v) is 18.8. The summed E-state index contributed by atoms with van der Waals surface area (Å²) in [6.07, 6.45) is 0. The number of para-hydroxylation sites is 2. The van der Waals surface area contributed by atoms with Crippen molar-refractivity contribution in [1.29, 1.82) is 0 Å². The highest BCUT2D eigenvalue weighted by molar-refractivity contribution is 6.10. The lowest BCUT2D eigenvalue weighted by Crippen LogP contribution is -2.16. The molecule has 0 saturated heterocycles. The number of benzene rings is 8. The predicted octanol–water partition coefficient (Wildman–Crippen LogP) is 14.3. The van der Waals surface area contributed by atoms with Crippen molar-refractivity contribution in [2.75, 3.05) is 4.90 Å². The number of halogens is 1. The third-order valence-electron chi connectivity index (χ3n) is 11.7. The molecule has 1 aliphatic rings. The van der Waals surface area contributed by atoms with Crippen molar-refractivity contribution in [3.63, 3.8) is 0 Å². The van der Waals surface area contributed by atoms with E-state index in [1.165, 1.54) is 34.4 Å². The van der Waals surface area contributed by atoms with Gasteiger partial charge in [0, 0.05) is 55.8 Å². The minimum absolute atomic E-state index is 0.126. The highest BCUT2D eigenvalue weighted by Crippen LogP contribution is 2.51. The first-order valence-electron chi connectivity index (χ1n) is 18.8. The van der Waals surface area contributed by atoms with Crippen LogP contribution in [0.3, 0.4) is 0 Å². The molecule has 0 spiro atoms. The fourth-order valence-corrected chi connectivity index (χ4v) is 8.96. The molecular formula is C51H35FN2O. The zero-order valence-corrected chi connectivity index (χ0v) is 30.4. The molecule has 10 aromatic rings. The largest absolute Gasteiger partial charge is 0.456 e. The third-order valence-corrected chi connectivity index (χ3v) is 11.7. The van der Waals surface area contributed by atoms with E-state index in [-0.39, 0.29) is 11.2 Å². The maximum atomic E-state index is 13.9. The fraction of sp³-hybridized carbons (Fsp3) is 0.0588. The van der Waals surface area contributed by atoms with Crippen LogP contribution in [0.25, 0.3) is 71.7 Å². The molecule has 0 N–H and O–H groups in total. The second kappa shape index (κ2) is 11.8. The summed E-state index contributed by atoms with van der Waals surface area (Å²) in [5.74, 6) is -0.241. The van der Waals surface area contributed by atoms with E-state index in [1.807, 2.05) is 24.3 Å². The van der Waals surface area contributed by atoms with Crippen LogP contribution in [0.2, 0.25) is 0 Å². The molecule has 11 rings (SSSR count). The van der Waals surface area contributed by atoms with Crippen LogP contribution < -0.4 is 4.90 Å². The molecule has 2 aromatic heterocycles. The number of hydrogen-bond acceptors (Lipinski definition) is 2. The average Bonchev–Trinajstić information content (AvgIpc) is 3.84. The summed E-state index contributed by atoms with van der Waals surface area (Å²) in [6.45, 7) is 4.66. The van der Waals surface area contributed by atoms with E-state index in [4.69, 9.17) is 4.42 Å². The quantitative estimate of drug-likeness (QED) is 0.177. The first kappa shape index (κ1) is 31.6. The van der Waals surface area contributed by atoms with Crippen molar-refractivity contribution < 1.29 is 8.81 Å². The molecule has 0 fully saturated rings. The molecule has 0 radical (unpaired) electrons. The minimum atomic E-state index is -0.241. The Morgan fingerprint density at radius 1 is 0.473 bits per heavy atom. The molecule has 55 heavy (non-hydrogen) atoms. The molecule has 2 heterocycles. The number of anilines is 3. The van der Waals surface area contributed by atoms with Gasteiger partial charge in [0.25, 0.3) is 0 Å². The fourth-order valence-electron chi connectivity index (χ4n) is 8.96. The zero-order valence-electron chi connectivity index (χ0n) is 30.4. The molecular weight excluding hydrogens is 676 g/mol. The van der Waals surface area contributed by atoms with Gasteiger partial charge in [-0.25, -0.2) is 4.39 Å². The zero-order chi connectivity index (χ0) is 36.8. The van der Waals surface area contributed by atoms with Gasteiger partial charge in [-0.05, 0) is 118 Å². The van der Waals surface area contributed by atoms with Crippen LogP contribution in [0.1, 0.15) is 25.0 Å². The van der Waals surface area contributed by atoms with Crippen molar-refractivity contribution >= 4 is 60.8 Å². The van der Waals surface area contributed by atoms with Crippen LogP contribution in [0.4, 0.5) is 21.5 Å². The Hall–Kier alpha value is -6.91. The lowest BCUT2D eigenvalue weighted by molar-refractivity contribution is 0.627. The van der Waals surface area contributed by atoms with Gasteiger partial charge in [-0.15, -0.1) is 0 Å². The van der Waals surface area contributed by atoms with Crippen LogP contribution in [-0.4, -0.2) is 4.57 Å². The van der Waals surface area contributed by atoms with Crippen molar-refractivity contribution in [3.8, 4) is 27.9 Å². The number of fused-ring (bicyclic) bond motifs is 9. The highest BCUT2D eigenvalue weighted by Gasteiger charge is 2.35. The van der Waals surface area contributed by atoms with Gasteiger partial charge >= 0.3 is 0 Å². The van der Waals surface area contributed by atoms with Gasteiger partial charge in [0.1, 0.15) is 17.0 Å². The Morgan fingerprint density at radius 2 is 1.11 bits per heavy atom. The average molecular weight is 711 g/mol. The van der Waals surface area contributed by atoms with Gasteiger partial charge in [0.05, 0.1) is 11.0 Å². The van der Waals surface area contributed by atoms with Crippen LogP contribution in [0, 0.1) is 5.82 Å². The number of nitrogens with zero attached hydrogens (tertiary/aromatic N) is 2. The molecule has 0 amide bonds. The van der Waals surface area contributed by atoms with E-state index >= 15 is 0 Å². The smallest absolute Gasteiger partial charge is 0.137 e. The lowest BCUT2D eigenvalue weighted by atomic mass is 9.82. The van der Waals surface area contributed by atoms with E-state index in [9.17, 15) is 4.39 Å². The maximum absolute atomic E-state index is 13.9. The lowest BCUT2D eigenvalue weighted by Gasteiger charge is -2.28. The van der Waals surface area contributed by atoms with Gasteiger partial charge in [0.2, 0.25) is 0 Å². The van der Waals surface area contributed by atoms with Crippen LogP contribution >= 0.6 is 0 Å². The summed E-state index contributed by atoms with van der Waals surface area (Å²) in [5.41, 5.74) is 15.5. The minimum Gasteiger partial charge on any atom is -0.456 e. The Bertz CT molecular complexity index is 3130. The summed E-state index contributed by atoms with van der Waals surface area (Å²) in [5, 5.41) is 4.55. The normalized spacial score (nSPS) is 13.1. The van der Waals surface area contributed by atoms with Crippen molar-refractivity contribution in [2.24, 2.45) is 0 Å². The molecule has 0 bridgehead atoms. The summed E-state index contributed by atoms with van der Waals surface area (Å²) in [4.78, 5) is 2.34. The first-order chi connectivity index (χ1) is 26.9. The van der Waals surface area contributed by atoms with E-state index in [1.54, 1.807) is 0 Å². The Labute approximate surface area is 318 Å². The van der Waals surface area contributed by atoms with Gasteiger partial charge in [0.15, 0.2) is 0 Å². The van der Waals surface area contributed by atoms with Gasteiger partial charge in [-0.1, -0.05) is 98.8 Å². The summed E-state index contributed by atoms with van der Waals surface area (Å²) in [6, 6.07) is 61.1. The Morgan fingerprint density at radius 3 is 1.96 bits per heavy atom. The Balaban J connectivity index is 1.04. The van der Waals surface area contributed by atoms with Crippen LogP contribution in [-0.2, 0) is 5.41 Å². The van der Waals surface area contributed by atoms with Crippen molar-refractivity contribution in [3.05, 3.63) is 193 Å². The van der Waals surface area contributed by atoms with Crippen LogP contribution in [0.5, 0.6) is 0 Å². The highest BCUT2D eigenvalue weighted by atomic mass is 19.1. The topological polar surface area (TPSA) is 21.3 Å². The molecule has 3 nitrogen and oxygen atoms in total. The standard InChI is InChI=1S/C51H35FN2O/c1-51(2)45-12-6-3-9-39(45)40-26-24-37(30-46(40)51)53(38-25-27-43-42-11-5-8-14-49(42)55-50(43)31-38)35-20-15-32(16-21-35)33-17-28-48-44(29-33)41-10-4-7-13-47(41)54(48)36-22-18-34(52)19-23-36/h3-31H,1-2H3. The van der Waals surface area contributed by atoms with E-state index in [0.717, 1.165) is 77.6 Å². The maximum Gasteiger partial charge on any atom is 0.137 e. The van der Waals surface area contributed by atoms with E-state index < -0.39 is 0 Å². The predicted molar refractivity (Wildman–Crippen MR) is 226 cm³/mol. The number of aromatic nitrogens is 1. The summed E-state index contributed by atoms with van der Waals surface area (Å²) < 4.78 is 22.5. The second-order valence-electron chi connectivity index (χ2n) is 15.1. The monoisotopic (exact) mass is 710 g/mol. The second-order valence-corrected chi connectivity index (χ2v) is 15.1. The van der Waals surface area contributed by atoms with Crippen molar-refractivity contribution in [2.45, 2.75) is 19.3 Å². The van der Waals surface area contributed by atoms with Crippen LogP contribution in [0.15, 0.2) is 180 Å². The number of rotatable bonds is 5. The summed E-state index contributed by atoms with van der Waals surface area (Å²) in [7, 11) is 0. The molecule has 0 saturated carbocycles. The Kier molecular flexibility index (Phi) is 6.78. The van der Waals surface area contributed by atoms with Gasteiger partial charge in [-0.2, -0.15) is 0 Å². The van der Waals surface area contributed by atoms with Gasteiger partial charge < -0.3 is 13.9 Å². The molecule has 0 aliphatic heterocycles. The molecule has 0 unspecified atom stereocenters. The van der Waals surface area contributed by atoms with Crippen molar-refractivity contribution in [1.82, 2.24) is 4.57 Å². The number of hydrogen-bond donors (Lipinski definition) is 0. The molecule has 1 aliphatic carbocycles. The third kappa shape index (κ3) is 4.81. The van der Waals surface area contributed by atoms with Gasteiger partial charge in [-0.3, -0.25) is 0 Å². The van der Waals surface area contributed by atoms with E-state index in [2.05, 4.69) is 163 Å². The number of furan rings is 1. The van der Waals surface area contributed by atoms with E-state index in [0.29, 0.717) is 0 Å². The molecule has 0 atom stereocenters. The summed E-state index contributed by atoms with van der Waals surface area (Å²) >= 11 is 0.